The highest BCUT2D eigenvalue weighted by atomic mass is 16.5. The van der Waals surface area contributed by atoms with Crippen LogP contribution >= 0.6 is 0 Å². The van der Waals surface area contributed by atoms with Crippen LogP contribution in [0.4, 0.5) is 0 Å². The number of hydrogen-bond donors (Lipinski definition) is 0. The second kappa shape index (κ2) is 6.36. The van der Waals surface area contributed by atoms with E-state index in [0.717, 1.165) is 22.0 Å². The maximum Gasteiger partial charge on any atom is 0.313 e. The molecule has 4 aromatic rings. The third kappa shape index (κ3) is 2.85. The SMILES string of the molecule is CCC(=O)Oc1nc2cnc3ccccc3c2n1Cc1ccccc1. The molecule has 0 unspecified atom stereocenters. The number of esters is 1. The van der Waals surface area contributed by atoms with Gasteiger partial charge in [-0.2, -0.15) is 4.98 Å². The fraction of sp³-hybridized carbons (Fsp3) is 0.150. The molecule has 2 aromatic heterocycles. The molecule has 0 amide bonds. The molecule has 0 atom stereocenters. The molecule has 0 saturated heterocycles. The summed E-state index contributed by atoms with van der Waals surface area (Å²) in [4.78, 5) is 20.8. The van der Waals surface area contributed by atoms with Gasteiger partial charge in [-0.1, -0.05) is 55.5 Å². The maximum absolute atomic E-state index is 11.8. The van der Waals surface area contributed by atoms with Crippen molar-refractivity contribution >= 4 is 27.9 Å². The Morgan fingerprint density at radius 1 is 1.04 bits per heavy atom. The number of rotatable bonds is 4. The topological polar surface area (TPSA) is 57.0 Å². The van der Waals surface area contributed by atoms with E-state index >= 15 is 0 Å². The molecule has 0 spiro atoms. The molecule has 25 heavy (non-hydrogen) atoms. The van der Waals surface area contributed by atoms with Crippen LogP contribution < -0.4 is 4.74 Å². The first kappa shape index (κ1) is 15.3. The minimum absolute atomic E-state index is 0.299. The normalized spacial score (nSPS) is 11.1. The van der Waals surface area contributed by atoms with E-state index in [1.165, 1.54) is 0 Å². The number of hydrogen-bond acceptors (Lipinski definition) is 4. The van der Waals surface area contributed by atoms with Gasteiger partial charge in [0.05, 0.1) is 23.8 Å². The Kier molecular flexibility index (Phi) is 3.90. The lowest BCUT2D eigenvalue weighted by molar-refractivity contribution is -0.134. The molecule has 2 aromatic carbocycles. The average molecular weight is 331 g/mol. The monoisotopic (exact) mass is 331 g/mol. The molecule has 0 aliphatic heterocycles. The van der Waals surface area contributed by atoms with Crippen molar-refractivity contribution in [2.45, 2.75) is 19.9 Å². The molecule has 4 rings (SSSR count). The Labute approximate surface area is 144 Å². The molecule has 0 bridgehead atoms. The first-order valence-electron chi connectivity index (χ1n) is 8.25. The van der Waals surface area contributed by atoms with Gasteiger partial charge in [0.25, 0.3) is 0 Å². The number of benzene rings is 2. The number of fused-ring (bicyclic) bond motifs is 3. The van der Waals surface area contributed by atoms with Gasteiger partial charge < -0.3 is 4.74 Å². The minimum atomic E-state index is -0.304. The van der Waals surface area contributed by atoms with Crippen LogP contribution in [0.5, 0.6) is 6.01 Å². The Balaban J connectivity index is 1.95. The summed E-state index contributed by atoms with van der Waals surface area (Å²) in [6, 6.07) is 18.3. The average Bonchev–Trinajstić information content (AvgIpc) is 3.00. The van der Waals surface area contributed by atoms with Crippen LogP contribution in [0.15, 0.2) is 60.8 Å². The molecule has 2 heterocycles. The quantitative estimate of drug-likeness (QED) is 0.531. The number of nitrogens with zero attached hydrogens (tertiary/aromatic N) is 3. The van der Waals surface area contributed by atoms with E-state index in [9.17, 15) is 4.79 Å². The van der Waals surface area contributed by atoms with Crippen LogP contribution in [0.2, 0.25) is 0 Å². The molecule has 5 nitrogen and oxygen atoms in total. The van der Waals surface area contributed by atoms with Crippen LogP contribution in [0, 0.1) is 0 Å². The van der Waals surface area contributed by atoms with Crippen molar-refractivity contribution < 1.29 is 9.53 Å². The van der Waals surface area contributed by atoms with Gasteiger partial charge in [-0.15, -0.1) is 0 Å². The number of carbonyl (C=O) groups excluding carboxylic acids is 1. The summed E-state index contributed by atoms with van der Waals surface area (Å²) in [5, 5.41) is 0.988. The fourth-order valence-electron chi connectivity index (χ4n) is 2.91. The van der Waals surface area contributed by atoms with Crippen molar-refractivity contribution in [3.63, 3.8) is 0 Å². The third-order valence-electron chi connectivity index (χ3n) is 4.12. The number of carbonyl (C=O) groups is 1. The zero-order chi connectivity index (χ0) is 17.2. The number of ether oxygens (including phenoxy) is 1. The highest BCUT2D eigenvalue weighted by molar-refractivity contribution is 6.02. The molecule has 0 aliphatic carbocycles. The minimum Gasteiger partial charge on any atom is -0.392 e. The van der Waals surface area contributed by atoms with Crippen molar-refractivity contribution in [1.29, 1.82) is 0 Å². The van der Waals surface area contributed by atoms with Crippen molar-refractivity contribution in [3.8, 4) is 6.01 Å². The Hall–Kier alpha value is -3.21. The van der Waals surface area contributed by atoms with Crippen molar-refractivity contribution in [2.75, 3.05) is 0 Å². The van der Waals surface area contributed by atoms with Gasteiger partial charge in [-0.25, -0.2) is 0 Å². The summed E-state index contributed by atoms with van der Waals surface area (Å²) in [5.41, 5.74) is 3.64. The van der Waals surface area contributed by atoms with E-state index in [1.54, 1.807) is 13.1 Å². The molecule has 0 N–H and O–H groups in total. The summed E-state index contributed by atoms with van der Waals surface area (Å²) in [6.07, 6.45) is 2.02. The molecule has 5 heteroatoms. The molecule has 0 aliphatic rings. The highest BCUT2D eigenvalue weighted by Crippen LogP contribution is 2.28. The summed E-state index contributed by atoms with van der Waals surface area (Å²) in [7, 11) is 0. The van der Waals surface area contributed by atoms with E-state index < -0.39 is 0 Å². The number of pyridine rings is 1. The standard InChI is InChI=1S/C20H17N3O2/c1-2-18(24)25-20-22-17-12-21-16-11-7-6-10-15(16)19(17)23(20)13-14-8-4-3-5-9-14/h3-12H,2,13H2,1H3. The van der Waals surface area contributed by atoms with Gasteiger partial charge in [0.1, 0.15) is 5.52 Å². The Morgan fingerprint density at radius 3 is 2.60 bits per heavy atom. The van der Waals surface area contributed by atoms with Gasteiger partial charge >= 0.3 is 12.0 Å². The van der Waals surface area contributed by atoms with Crippen molar-refractivity contribution in [1.82, 2.24) is 14.5 Å². The summed E-state index contributed by atoms with van der Waals surface area (Å²) < 4.78 is 7.43. The lowest BCUT2D eigenvalue weighted by Crippen LogP contribution is -2.11. The predicted molar refractivity (Wildman–Crippen MR) is 96.5 cm³/mol. The lowest BCUT2D eigenvalue weighted by Gasteiger charge is -2.10. The fourth-order valence-corrected chi connectivity index (χ4v) is 2.91. The summed E-state index contributed by atoms with van der Waals surface area (Å²) in [5.74, 6) is -0.304. The van der Waals surface area contributed by atoms with Crippen LogP contribution in [0.1, 0.15) is 18.9 Å². The summed E-state index contributed by atoms with van der Waals surface area (Å²) in [6.45, 7) is 2.33. The molecular weight excluding hydrogens is 314 g/mol. The van der Waals surface area contributed by atoms with E-state index in [0.29, 0.717) is 24.5 Å². The molecule has 0 saturated carbocycles. The van der Waals surface area contributed by atoms with Crippen molar-refractivity contribution in [3.05, 3.63) is 66.4 Å². The number of imidazole rings is 1. The first-order chi connectivity index (χ1) is 12.3. The highest BCUT2D eigenvalue weighted by Gasteiger charge is 2.17. The van der Waals surface area contributed by atoms with Crippen LogP contribution in [0.3, 0.4) is 0 Å². The van der Waals surface area contributed by atoms with Gasteiger partial charge in [0.15, 0.2) is 0 Å². The van der Waals surface area contributed by atoms with Gasteiger partial charge in [-0.05, 0) is 11.6 Å². The van der Waals surface area contributed by atoms with Crippen LogP contribution in [0.25, 0.3) is 21.9 Å². The second-order valence-electron chi connectivity index (χ2n) is 5.80. The maximum atomic E-state index is 11.8. The van der Waals surface area contributed by atoms with Crippen LogP contribution in [-0.4, -0.2) is 20.5 Å². The van der Waals surface area contributed by atoms with Crippen molar-refractivity contribution in [2.24, 2.45) is 0 Å². The smallest absolute Gasteiger partial charge is 0.313 e. The Bertz CT molecular complexity index is 1050. The molecule has 124 valence electrons. The third-order valence-corrected chi connectivity index (χ3v) is 4.12. The lowest BCUT2D eigenvalue weighted by atomic mass is 10.2. The van der Waals surface area contributed by atoms with E-state index in [2.05, 4.69) is 9.97 Å². The molecule has 0 radical (unpaired) electrons. The van der Waals surface area contributed by atoms with E-state index in [1.807, 2.05) is 59.2 Å². The van der Waals surface area contributed by atoms with E-state index in [4.69, 9.17) is 4.74 Å². The predicted octanol–water partition coefficient (Wildman–Crippen LogP) is 3.95. The van der Waals surface area contributed by atoms with Crippen LogP contribution in [-0.2, 0) is 11.3 Å². The number of para-hydroxylation sites is 1. The first-order valence-corrected chi connectivity index (χ1v) is 8.25. The molecular formula is C20H17N3O2. The second-order valence-corrected chi connectivity index (χ2v) is 5.80. The molecule has 0 fully saturated rings. The summed E-state index contributed by atoms with van der Waals surface area (Å²) >= 11 is 0. The van der Waals surface area contributed by atoms with Gasteiger partial charge in [0, 0.05) is 11.8 Å². The van der Waals surface area contributed by atoms with Gasteiger partial charge in [-0.3, -0.25) is 14.3 Å². The van der Waals surface area contributed by atoms with E-state index in [-0.39, 0.29) is 5.97 Å². The largest absolute Gasteiger partial charge is 0.392 e. The van der Waals surface area contributed by atoms with Gasteiger partial charge in [0.2, 0.25) is 0 Å². The number of aromatic nitrogens is 3. The zero-order valence-electron chi connectivity index (χ0n) is 13.8. The Morgan fingerprint density at radius 2 is 1.80 bits per heavy atom. The zero-order valence-corrected chi connectivity index (χ0v) is 13.8.